The van der Waals surface area contributed by atoms with Gasteiger partial charge in [0.1, 0.15) is 5.82 Å². The Bertz CT molecular complexity index is 1520. The molecule has 0 unspecified atom stereocenters. The zero-order valence-electron chi connectivity index (χ0n) is 20.0. The molecule has 0 radical (unpaired) electrons. The summed E-state index contributed by atoms with van der Waals surface area (Å²) in [6.45, 7) is 4.71. The molecule has 1 N–H and O–H groups in total. The maximum atomic E-state index is 13.0. The topological polar surface area (TPSA) is 72.9 Å². The van der Waals surface area contributed by atoms with Crippen molar-refractivity contribution >= 4 is 11.5 Å². The molecule has 0 bridgehead atoms. The van der Waals surface area contributed by atoms with E-state index in [-0.39, 0.29) is 5.82 Å². The highest BCUT2D eigenvalue weighted by atomic mass is 19.4. The van der Waals surface area contributed by atoms with E-state index in [0.29, 0.717) is 35.3 Å². The van der Waals surface area contributed by atoms with E-state index in [2.05, 4.69) is 40.3 Å². The number of rotatable bonds is 6. The number of alkyl halides is 3. The molecule has 0 aliphatic rings. The highest BCUT2D eigenvalue weighted by Gasteiger charge is 2.34. The molecule has 0 aliphatic heterocycles. The van der Waals surface area contributed by atoms with E-state index in [0.717, 1.165) is 22.9 Å². The molecule has 10 heteroatoms. The van der Waals surface area contributed by atoms with Gasteiger partial charge in [-0.3, -0.25) is 0 Å². The third-order valence-electron chi connectivity index (χ3n) is 5.92. The van der Waals surface area contributed by atoms with Crippen LogP contribution in [0.15, 0.2) is 67.1 Å². The van der Waals surface area contributed by atoms with Crippen LogP contribution in [0.5, 0.6) is 0 Å². The molecule has 2 aromatic carbocycles. The van der Waals surface area contributed by atoms with E-state index in [1.807, 2.05) is 30.3 Å². The number of anilines is 1. The van der Waals surface area contributed by atoms with Gasteiger partial charge < -0.3 is 9.88 Å². The van der Waals surface area contributed by atoms with Crippen LogP contribution in [0.2, 0.25) is 0 Å². The van der Waals surface area contributed by atoms with E-state index in [9.17, 15) is 13.2 Å². The fourth-order valence-electron chi connectivity index (χ4n) is 4.09. The van der Waals surface area contributed by atoms with Crippen LogP contribution < -0.4 is 5.32 Å². The number of hydrogen-bond donors (Lipinski definition) is 1. The normalized spacial score (nSPS) is 12.0. The lowest BCUT2D eigenvalue weighted by atomic mass is 9.97. The number of benzene rings is 2. The lowest BCUT2D eigenvalue weighted by Gasteiger charge is -2.13. The lowest BCUT2D eigenvalue weighted by Crippen LogP contribution is -2.08. The molecule has 0 amide bonds. The van der Waals surface area contributed by atoms with E-state index >= 15 is 0 Å². The van der Waals surface area contributed by atoms with Gasteiger partial charge in [-0.15, -0.1) is 5.10 Å². The Balaban J connectivity index is 1.40. The summed E-state index contributed by atoms with van der Waals surface area (Å²) in [6, 6.07) is 15.3. The standard InChI is InChI=1S/C26H24F3N7/c1-16(2)19-6-4-5-7-20(19)22-33-23(25-30-12-13-36(25)34-22)31-14-17-8-10-18(11-9-17)24-32-21(15-35(24)3)26(27,28)29/h4-13,15-16H,14H2,1-3H3,(H,31,33,34). The van der Waals surface area contributed by atoms with Crippen molar-refractivity contribution in [2.24, 2.45) is 7.05 Å². The first-order chi connectivity index (χ1) is 17.2. The SMILES string of the molecule is CC(C)c1ccccc1-c1nc(NCc2ccc(-c3nc(C(F)(F)F)cn3C)cc2)c2nccn2n1. The molecule has 0 fully saturated rings. The molecule has 0 atom stereocenters. The van der Waals surface area contributed by atoms with Crippen molar-refractivity contribution in [2.75, 3.05) is 5.32 Å². The summed E-state index contributed by atoms with van der Waals surface area (Å²) in [5.74, 6) is 1.75. The second kappa shape index (κ2) is 9.10. The molecular weight excluding hydrogens is 467 g/mol. The number of aryl methyl sites for hydroxylation is 1. The van der Waals surface area contributed by atoms with Gasteiger partial charge in [-0.2, -0.15) is 13.2 Å². The van der Waals surface area contributed by atoms with Crippen molar-refractivity contribution in [3.63, 3.8) is 0 Å². The average Bonchev–Trinajstić information content (AvgIpc) is 3.49. The zero-order valence-corrected chi connectivity index (χ0v) is 20.0. The summed E-state index contributed by atoms with van der Waals surface area (Å²) in [5.41, 5.74) is 3.34. The van der Waals surface area contributed by atoms with Gasteiger partial charge in [-0.25, -0.2) is 19.5 Å². The van der Waals surface area contributed by atoms with Crippen LogP contribution in [-0.2, 0) is 19.8 Å². The predicted octanol–water partition coefficient (Wildman–Crippen LogP) is 5.95. The minimum atomic E-state index is -4.48. The molecule has 5 rings (SSSR count). The molecular formula is C26H24F3N7. The maximum Gasteiger partial charge on any atom is 0.434 e. The Hall–Kier alpha value is -4.21. The number of halogens is 3. The number of aromatic nitrogens is 6. The lowest BCUT2D eigenvalue weighted by molar-refractivity contribution is -0.140. The third kappa shape index (κ3) is 4.53. The first-order valence-corrected chi connectivity index (χ1v) is 11.4. The predicted molar refractivity (Wildman–Crippen MR) is 131 cm³/mol. The smallest absolute Gasteiger partial charge is 0.363 e. The van der Waals surface area contributed by atoms with E-state index < -0.39 is 11.9 Å². The van der Waals surface area contributed by atoms with Gasteiger partial charge in [-0.1, -0.05) is 62.4 Å². The van der Waals surface area contributed by atoms with Gasteiger partial charge in [0.15, 0.2) is 23.0 Å². The maximum absolute atomic E-state index is 13.0. The highest BCUT2D eigenvalue weighted by molar-refractivity contribution is 5.68. The summed E-state index contributed by atoms with van der Waals surface area (Å²) in [4.78, 5) is 12.9. The van der Waals surface area contributed by atoms with Crippen LogP contribution >= 0.6 is 0 Å². The second-order valence-corrected chi connectivity index (χ2v) is 8.83. The van der Waals surface area contributed by atoms with Crippen LogP contribution in [0.3, 0.4) is 0 Å². The average molecular weight is 492 g/mol. The van der Waals surface area contributed by atoms with Crippen molar-refractivity contribution in [3.05, 3.63) is 83.9 Å². The number of nitrogens with one attached hydrogen (secondary N) is 1. The first-order valence-electron chi connectivity index (χ1n) is 11.4. The van der Waals surface area contributed by atoms with Crippen LogP contribution in [-0.4, -0.2) is 29.1 Å². The summed E-state index contributed by atoms with van der Waals surface area (Å²) in [7, 11) is 1.55. The molecule has 5 aromatic rings. The first kappa shape index (κ1) is 23.5. The molecule has 0 spiro atoms. The van der Waals surface area contributed by atoms with Gasteiger partial charge in [0, 0.05) is 43.3 Å². The Morgan fingerprint density at radius 3 is 2.44 bits per heavy atom. The molecule has 3 aromatic heterocycles. The van der Waals surface area contributed by atoms with E-state index in [1.165, 1.54) is 4.57 Å². The minimum absolute atomic E-state index is 0.255. The monoisotopic (exact) mass is 491 g/mol. The Morgan fingerprint density at radius 1 is 1.00 bits per heavy atom. The van der Waals surface area contributed by atoms with Crippen LogP contribution in [0.25, 0.3) is 28.4 Å². The van der Waals surface area contributed by atoms with Crippen molar-refractivity contribution in [3.8, 4) is 22.8 Å². The molecule has 184 valence electrons. The van der Waals surface area contributed by atoms with Gasteiger partial charge in [0.05, 0.1) is 0 Å². The van der Waals surface area contributed by atoms with E-state index in [1.54, 1.807) is 36.1 Å². The van der Waals surface area contributed by atoms with Gasteiger partial charge in [0.25, 0.3) is 0 Å². The second-order valence-electron chi connectivity index (χ2n) is 8.83. The summed E-state index contributed by atoms with van der Waals surface area (Å²) >= 11 is 0. The Kier molecular flexibility index (Phi) is 5.95. The Morgan fingerprint density at radius 2 is 1.75 bits per heavy atom. The molecule has 0 saturated heterocycles. The number of fused-ring (bicyclic) bond motifs is 1. The molecule has 0 saturated carbocycles. The van der Waals surface area contributed by atoms with Gasteiger partial charge >= 0.3 is 6.18 Å². The molecule has 7 nitrogen and oxygen atoms in total. The van der Waals surface area contributed by atoms with Crippen LogP contribution in [0.1, 0.15) is 36.6 Å². The summed E-state index contributed by atoms with van der Waals surface area (Å²) < 4.78 is 42.1. The highest BCUT2D eigenvalue weighted by Crippen LogP contribution is 2.31. The minimum Gasteiger partial charge on any atom is -0.363 e. The van der Waals surface area contributed by atoms with E-state index in [4.69, 9.17) is 4.98 Å². The fraction of sp³-hybridized carbons (Fsp3) is 0.231. The van der Waals surface area contributed by atoms with Gasteiger partial charge in [0.2, 0.25) is 0 Å². The van der Waals surface area contributed by atoms with Crippen molar-refractivity contribution in [1.82, 2.24) is 29.1 Å². The summed E-state index contributed by atoms with van der Waals surface area (Å²) in [6.07, 6.45) is -0.0421. The van der Waals surface area contributed by atoms with Crippen molar-refractivity contribution in [2.45, 2.75) is 32.5 Å². The van der Waals surface area contributed by atoms with Gasteiger partial charge in [-0.05, 0) is 17.0 Å². The van der Waals surface area contributed by atoms with Crippen LogP contribution in [0, 0.1) is 0 Å². The molecule has 3 heterocycles. The van der Waals surface area contributed by atoms with Crippen LogP contribution in [0.4, 0.5) is 19.0 Å². The van der Waals surface area contributed by atoms with Crippen molar-refractivity contribution < 1.29 is 13.2 Å². The largest absolute Gasteiger partial charge is 0.434 e. The Labute approximate surface area is 205 Å². The number of hydrogen-bond acceptors (Lipinski definition) is 5. The number of imidazole rings is 2. The third-order valence-corrected chi connectivity index (χ3v) is 5.92. The number of nitrogens with zero attached hydrogens (tertiary/aromatic N) is 6. The quantitative estimate of drug-likeness (QED) is 0.318. The fourth-order valence-corrected chi connectivity index (χ4v) is 4.09. The molecule has 0 aliphatic carbocycles. The van der Waals surface area contributed by atoms with Crippen molar-refractivity contribution in [1.29, 1.82) is 0 Å². The zero-order chi connectivity index (χ0) is 25.4. The molecule has 36 heavy (non-hydrogen) atoms. The summed E-state index contributed by atoms with van der Waals surface area (Å²) in [5, 5.41) is 7.99.